The topological polar surface area (TPSA) is 112 Å². The fourth-order valence-corrected chi connectivity index (χ4v) is 10.1. The van der Waals surface area contributed by atoms with Crippen LogP contribution >= 0.6 is 0 Å². The zero-order valence-electron chi connectivity index (χ0n) is 26.2. The fourth-order valence-electron chi connectivity index (χ4n) is 10.1. The Morgan fingerprint density at radius 2 is 1.62 bits per heavy atom. The molecule has 0 aliphatic heterocycles. The van der Waals surface area contributed by atoms with Crippen molar-refractivity contribution in [2.24, 2.45) is 46.3 Å². The average Bonchev–Trinajstić information content (AvgIpc) is 3.34. The summed E-state index contributed by atoms with van der Waals surface area (Å²) >= 11 is 0. The van der Waals surface area contributed by atoms with Crippen molar-refractivity contribution in [2.75, 3.05) is 21.3 Å². The van der Waals surface area contributed by atoms with Crippen LogP contribution in [0.5, 0.6) is 17.2 Å². The highest BCUT2D eigenvalue weighted by molar-refractivity contribution is 5.97. The molecule has 234 valence electrons. The third-order valence-corrected chi connectivity index (χ3v) is 12.4. The molecule has 5 rings (SSSR count). The molecule has 0 unspecified atom stereocenters. The zero-order chi connectivity index (χ0) is 30.4. The Bertz CT molecular complexity index is 1140. The SMILES string of the molecule is COc1cc(C(=O)OC(=O)CC[C@H](C)[C@H]2CC[C@H]3[C@@H]4CC[C@@H]5C[C@H](O)CC[C@]5(C)[C@H]4C[C@H](O)[C@]23C)cc(OC)c1OC. The summed E-state index contributed by atoms with van der Waals surface area (Å²) in [4.78, 5) is 25.6. The van der Waals surface area contributed by atoms with Crippen LogP contribution in [0.4, 0.5) is 0 Å². The molecule has 0 saturated heterocycles. The predicted molar refractivity (Wildman–Crippen MR) is 158 cm³/mol. The van der Waals surface area contributed by atoms with Gasteiger partial charge in [0.1, 0.15) is 0 Å². The average molecular weight is 587 g/mol. The van der Waals surface area contributed by atoms with Gasteiger partial charge in [-0.3, -0.25) is 4.79 Å². The Hall–Kier alpha value is -2.32. The van der Waals surface area contributed by atoms with Crippen LogP contribution in [0.25, 0.3) is 0 Å². The first-order valence-electron chi connectivity index (χ1n) is 15.9. The molecule has 0 bridgehead atoms. The van der Waals surface area contributed by atoms with Crippen LogP contribution in [0, 0.1) is 46.3 Å². The van der Waals surface area contributed by atoms with Crippen LogP contribution in [0.2, 0.25) is 0 Å². The number of rotatable bonds is 8. The van der Waals surface area contributed by atoms with Crippen LogP contribution < -0.4 is 14.2 Å². The number of methoxy groups -OCH3 is 3. The van der Waals surface area contributed by atoms with E-state index in [-0.39, 0.29) is 40.9 Å². The lowest BCUT2D eigenvalue weighted by atomic mass is 9.43. The van der Waals surface area contributed by atoms with Crippen LogP contribution in [-0.2, 0) is 9.53 Å². The maximum Gasteiger partial charge on any atom is 0.346 e. The third kappa shape index (κ3) is 5.21. The second-order valence-electron chi connectivity index (χ2n) is 14.1. The lowest BCUT2D eigenvalue weighted by Gasteiger charge is -2.62. The fraction of sp³-hybridized carbons (Fsp3) is 0.765. The summed E-state index contributed by atoms with van der Waals surface area (Å²) in [5.41, 5.74) is 0.184. The molecule has 0 radical (unpaired) electrons. The number of carbonyl (C=O) groups is 2. The van der Waals surface area contributed by atoms with E-state index in [0.29, 0.717) is 53.3 Å². The number of aliphatic hydroxyl groups is 2. The number of hydrogen-bond acceptors (Lipinski definition) is 8. The van der Waals surface area contributed by atoms with Gasteiger partial charge in [-0.05, 0) is 116 Å². The standard InChI is InChI=1S/C34H50O8/c1-19(7-12-30(37)42-32(38)20-15-27(39-4)31(41-6)28(16-20)40-5)24-10-11-25-23-9-8-21-17-22(35)13-14-33(21,2)26(23)18-29(36)34(24,25)3/h15-16,19,21-26,29,35-36H,7-14,17-18H2,1-6H3/t19-,21+,22+,23-,24+,25-,26-,29-,33-,34+/m0/s1. The highest BCUT2D eigenvalue weighted by atomic mass is 16.6. The lowest BCUT2D eigenvalue weighted by Crippen LogP contribution is -2.58. The first kappa shape index (κ1) is 31.1. The summed E-state index contributed by atoms with van der Waals surface area (Å²) in [5.74, 6) is 2.37. The van der Waals surface area contributed by atoms with Crippen molar-refractivity contribution in [3.05, 3.63) is 17.7 Å². The normalized spacial score (nSPS) is 38.0. The first-order chi connectivity index (χ1) is 20.0. The van der Waals surface area contributed by atoms with Gasteiger partial charge in [0.05, 0.1) is 39.1 Å². The van der Waals surface area contributed by atoms with Gasteiger partial charge < -0.3 is 29.2 Å². The smallest absolute Gasteiger partial charge is 0.346 e. The number of fused-ring (bicyclic) bond motifs is 5. The van der Waals surface area contributed by atoms with Crippen LogP contribution in [0.3, 0.4) is 0 Å². The van der Waals surface area contributed by atoms with E-state index in [1.807, 2.05) is 0 Å². The Morgan fingerprint density at radius 1 is 0.929 bits per heavy atom. The van der Waals surface area contributed by atoms with E-state index in [0.717, 1.165) is 38.5 Å². The molecule has 42 heavy (non-hydrogen) atoms. The Kier molecular flexibility index (Phi) is 8.88. The van der Waals surface area contributed by atoms with Gasteiger partial charge in [-0.1, -0.05) is 20.8 Å². The van der Waals surface area contributed by atoms with E-state index in [9.17, 15) is 19.8 Å². The minimum atomic E-state index is -0.757. The van der Waals surface area contributed by atoms with Gasteiger partial charge in [0.15, 0.2) is 11.5 Å². The summed E-state index contributed by atoms with van der Waals surface area (Å²) in [5, 5.41) is 22.1. The van der Waals surface area contributed by atoms with E-state index < -0.39 is 11.9 Å². The van der Waals surface area contributed by atoms with Crippen LogP contribution in [0.15, 0.2) is 12.1 Å². The van der Waals surface area contributed by atoms with Gasteiger partial charge in [0, 0.05) is 6.42 Å². The molecule has 4 aliphatic carbocycles. The van der Waals surface area contributed by atoms with Gasteiger partial charge >= 0.3 is 11.9 Å². The molecule has 4 fully saturated rings. The van der Waals surface area contributed by atoms with Gasteiger partial charge in [-0.2, -0.15) is 0 Å². The number of esters is 2. The minimum absolute atomic E-state index is 0.138. The second kappa shape index (κ2) is 12.0. The Balaban J connectivity index is 1.22. The van der Waals surface area contributed by atoms with Gasteiger partial charge in [0.25, 0.3) is 0 Å². The molecule has 8 heteroatoms. The van der Waals surface area contributed by atoms with Gasteiger partial charge in [-0.25, -0.2) is 4.79 Å². The Morgan fingerprint density at radius 3 is 2.26 bits per heavy atom. The highest BCUT2D eigenvalue weighted by Crippen LogP contribution is 2.68. The molecular formula is C34H50O8. The lowest BCUT2D eigenvalue weighted by molar-refractivity contribution is -0.175. The molecule has 4 aliphatic rings. The van der Waals surface area contributed by atoms with Crippen molar-refractivity contribution in [1.82, 2.24) is 0 Å². The van der Waals surface area contributed by atoms with Crippen molar-refractivity contribution < 1.29 is 38.7 Å². The molecule has 10 atom stereocenters. The first-order valence-corrected chi connectivity index (χ1v) is 15.9. The molecule has 0 amide bonds. The molecular weight excluding hydrogens is 536 g/mol. The van der Waals surface area contributed by atoms with Crippen LogP contribution in [0.1, 0.15) is 95.3 Å². The van der Waals surface area contributed by atoms with Crippen molar-refractivity contribution in [3.63, 3.8) is 0 Å². The van der Waals surface area contributed by atoms with Gasteiger partial charge in [-0.15, -0.1) is 0 Å². The van der Waals surface area contributed by atoms with Crippen molar-refractivity contribution in [1.29, 1.82) is 0 Å². The molecule has 1 aromatic carbocycles. The second-order valence-corrected chi connectivity index (χ2v) is 14.1. The largest absolute Gasteiger partial charge is 0.493 e. The van der Waals surface area contributed by atoms with Crippen molar-refractivity contribution in [3.8, 4) is 17.2 Å². The number of benzene rings is 1. The van der Waals surface area contributed by atoms with Crippen molar-refractivity contribution >= 4 is 11.9 Å². The molecule has 2 N–H and O–H groups in total. The zero-order valence-corrected chi connectivity index (χ0v) is 26.2. The van der Waals surface area contributed by atoms with E-state index >= 15 is 0 Å². The summed E-state index contributed by atoms with van der Waals surface area (Å²) in [6, 6.07) is 2.94. The molecule has 0 spiro atoms. The quantitative estimate of drug-likeness (QED) is 0.290. The monoisotopic (exact) mass is 586 g/mol. The van der Waals surface area contributed by atoms with Crippen molar-refractivity contribution in [2.45, 2.75) is 97.2 Å². The van der Waals surface area contributed by atoms with E-state index in [1.165, 1.54) is 46.3 Å². The molecule has 0 heterocycles. The molecule has 1 aromatic rings. The number of aliphatic hydroxyl groups excluding tert-OH is 2. The van der Waals surface area contributed by atoms with E-state index in [4.69, 9.17) is 18.9 Å². The molecule has 0 aromatic heterocycles. The number of ether oxygens (including phenoxy) is 4. The maximum absolute atomic E-state index is 12.8. The predicted octanol–water partition coefficient (Wildman–Crippen LogP) is 5.80. The van der Waals surface area contributed by atoms with Crippen LogP contribution in [-0.4, -0.2) is 55.7 Å². The summed E-state index contributed by atoms with van der Waals surface area (Å²) in [6.07, 6.45) is 8.46. The minimum Gasteiger partial charge on any atom is -0.493 e. The maximum atomic E-state index is 12.8. The molecule has 4 saturated carbocycles. The number of carbonyl (C=O) groups excluding carboxylic acids is 2. The summed E-state index contributed by atoms with van der Waals surface area (Å²) in [7, 11) is 4.40. The highest BCUT2D eigenvalue weighted by Gasteiger charge is 2.63. The molecule has 8 nitrogen and oxygen atoms in total. The third-order valence-electron chi connectivity index (χ3n) is 12.4. The Labute approximate surface area is 250 Å². The van der Waals surface area contributed by atoms with E-state index in [1.54, 1.807) is 0 Å². The van der Waals surface area contributed by atoms with E-state index in [2.05, 4.69) is 20.8 Å². The van der Waals surface area contributed by atoms with Gasteiger partial charge in [0.2, 0.25) is 5.75 Å². The summed E-state index contributed by atoms with van der Waals surface area (Å²) < 4.78 is 21.1. The number of hydrogen-bond donors (Lipinski definition) is 2. The summed E-state index contributed by atoms with van der Waals surface area (Å²) in [6.45, 7) is 6.93.